The van der Waals surface area contributed by atoms with Gasteiger partial charge in [-0.3, -0.25) is 4.79 Å². The van der Waals surface area contributed by atoms with Crippen LogP contribution in [0.3, 0.4) is 0 Å². The smallest absolute Gasteiger partial charge is 0.261 e. The Kier molecular flexibility index (Phi) is 4.81. The molecule has 0 atom stereocenters. The van der Waals surface area contributed by atoms with Gasteiger partial charge in [-0.25, -0.2) is 8.42 Å². The van der Waals surface area contributed by atoms with Crippen LogP contribution in [-0.4, -0.2) is 27.1 Å². The molecule has 0 aliphatic heterocycles. The summed E-state index contributed by atoms with van der Waals surface area (Å²) in [5, 5.41) is 3.40. The summed E-state index contributed by atoms with van der Waals surface area (Å²) in [5.41, 5.74) is 10.8. The lowest BCUT2D eigenvalue weighted by molar-refractivity contribution is 0.100. The third-order valence-corrected chi connectivity index (χ3v) is 4.97. The molecule has 5 N–H and O–H groups in total. The van der Waals surface area contributed by atoms with Crippen molar-refractivity contribution in [3.63, 3.8) is 0 Å². The highest BCUT2D eigenvalue weighted by Crippen LogP contribution is 2.38. The number of nitrogen functional groups attached to an aromatic ring is 1. The zero-order valence-electron chi connectivity index (χ0n) is 11.2. The highest BCUT2D eigenvalue weighted by Gasteiger charge is 2.25. The van der Waals surface area contributed by atoms with Crippen molar-refractivity contribution < 1.29 is 13.2 Å². The fourth-order valence-corrected chi connectivity index (χ4v) is 4.02. The number of amides is 1. The van der Waals surface area contributed by atoms with Crippen molar-refractivity contribution in [3.05, 3.63) is 4.88 Å². The van der Waals surface area contributed by atoms with E-state index in [0.717, 1.165) is 24.0 Å². The fraction of sp³-hybridized carbons (Fsp3) is 0.545. The minimum atomic E-state index is -3.51. The van der Waals surface area contributed by atoms with Crippen molar-refractivity contribution in [3.8, 4) is 0 Å². The van der Waals surface area contributed by atoms with Gasteiger partial charge in [-0.05, 0) is 12.3 Å². The Balaban J connectivity index is 3.15. The SMILES string of the molecule is CC(C)CCNc1sc(C(N)=O)c(N)c1S(C)(=O)=O. The standard InChI is InChI=1S/C11H19N3O3S2/c1-6(2)4-5-14-11-9(19(3,16)17)7(12)8(18-11)10(13)15/h6,14H,4-5,12H2,1-3H3,(H2,13,15). The van der Waals surface area contributed by atoms with E-state index in [-0.39, 0.29) is 15.5 Å². The molecule has 0 aromatic carbocycles. The number of sulfone groups is 1. The molecule has 0 unspecified atom stereocenters. The predicted octanol–water partition coefficient (Wildman–Crippen LogP) is 1.29. The molecule has 8 heteroatoms. The lowest BCUT2D eigenvalue weighted by atomic mass is 10.1. The van der Waals surface area contributed by atoms with Gasteiger partial charge in [0.05, 0.1) is 5.69 Å². The number of hydrogen-bond donors (Lipinski definition) is 3. The molecular formula is C11H19N3O3S2. The summed E-state index contributed by atoms with van der Waals surface area (Å²) in [6, 6.07) is 0. The second kappa shape index (κ2) is 5.79. The molecule has 0 saturated heterocycles. The quantitative estimate of drug-likeness (QED) is 0.732. The number of carbonyl (C=O) groups is 1. The van der Waals surface area contributed by atoms with E-state index in [9.17, 15) is 13.2 Å². The Hall–Kier alpha value is -1.28. The molecule has 1 rings (SSSR count). The first-order valence-electron chi connectivity index (χ1n) is 5.80. The van der Waals surface area contributed by atoms with Crippen LogP contribution in [0.1, 0.15) is 29.9 Å². The molecule has 0 radical (unpaired) electrons. The maximum absolute atomic E-state index is 11.7. The van der Waals surface area contributed by atoms with Crippen molar-refractivity contribution in [1.82, 2.24) is 0 Å². The number of rotatable bonds is 6. The van der Waals surface area contributed by atoms with Crippen LogP contribution in [0.2, 0.25) is 0 Å². The molecule has 0 fully saturated rings. The fourth-order valence-electron chi connectivity index (χ4n) is 1.57. The van der Waals surface area contributed by atoms with Crippen LogP contribution >= 0.6 is 11.3 Å². The molecule has 108 valence electrons. The minimum Gasteiger partial charge on any atom is -0.396 e. The summed E-state index contributed by atoms with van der Waals surface area (Å²) in [6.07, 6.45) is 1.94. The molecule has 6 nitrogen and oxygen atoms in total. The van der Waals surface area contributed by atoms with Crippen LogP contribution in [0.25, 0.3) is 0 Å². The predicted molar refractivity (Wildman–Crippen MR) is 78.3 cm³/mol. The van der Waals surface area contributed by atoms with Crippen LogP contribution in [0, 0.1) is 5.92 Å². The molecule has 0 aliphatic carbocycles. The lowest BCUT2D eigenvalue weighted by Gasteiger charge is -2.08. The average molecular weight is 305 g/mol. The summed E-state index contributed by atoms with van der Waals surface area (Å²) < 4.78 is 23.5. The van der Waals surface area contributed by atoms with Gasteiger partial charge >= 0.3 is 0 Å². The summed E-state index contributed by atoms with van der Waals surface area (Å²) in [6.45, 7) is 4.74. The molecule has 0 bridgehead atoms. The van der Waals surface area contributed by atoms with Crippen LogP contribution in [0.15, 0.2) is 4.90 Å². The number of nitrogens with one attached hydrogen (secondary N) is 1. The number of nitrogens with two attached hydrogens (primary N) is 2. The number of anilines is 2. The maximum atomic E-state index is 11.7. The van der Waals surface area contributed by atoms with Crippen molar-refractivity contribution in [2.75, 3.05) is 23.9 Å². The van der Waals surface area contributed by atoms with Gasteiger partial charge in [0, 0.05) is 12.8 Å². The second-order valence-electron chi connectivity index (χ2n) is 4.75. The zero-order chi connectivity index (χ0) is 14.8. The van der Waals surface area contributed by atoms with E-state index in [4.69, 9.17) is 11.5 Å². The zero-order valence-corrected chi connectivity index (χ0v) is 12.8. The Morgan fingerprint density at radius 3 is 2.42 bits per heavy atom. The van der Waals surface area contributed by atoms with Gasteiger partial charge in [-0.15, -0.1) is 11.3 Å². The van der Waals surface area contributed by atoms with E-state index < -0.39 is 15.7 Å². The van der Waals surface area contributed by atoms with Crippen LogP contribution in [-0.2, 0) is 9.84 Å². The molecule has 0 saturated carbocycles. The first kappa shape index (κ1) is 15.8. The Morgan fingerprint density at radius 1 is 1.42 bits per heavy atom. The van der Waals surface area contributed by atoms with Gasteiger partial charge in [0.1, 0.15) is 14.8 Å². The van der Waals surface area contributed by atoms with E-state index in [1.165, 1.54) is 0 Å². The van der Waals surface area contributed by atoms with E-state index in [1.807, 2.05) is 0 Å². The van der Waals surface area contributed by atoms with Crippen molar-refractivity contribution >= 4 is 37.8 Å². The van der Waals surface area contributed by atoms with Crippen molar-refractivity contribution in [2.45, 2.75) is 25.2 Å². The van der Waals surface area contributed by atoms with Gasteiger partial charge in [0.15, 0.2) is 9.84 Å². The summed E-state index contributed by atoms with van der Waals surface area (Å²) in [4.78, 5) is 11.3. The third kappa shape index (κ3) is 3.84. The Morgan fingerprint density at radius 2 is 2.00 bits per heavy atom. The average Bonchev–Trinajstić information content (AvgIpc) is 2.54. The molecule has 0 aliphatic rings. The second-order valence-corrected chi connectivity index (χ2v) is 7.72. The van der Waals surface area contributed by atoms with E-state index >= 15 is 0 Å². The van der Waals surface area contributed by atoms with E-state index in [2.05, 4.69) is 19.2 Å². The lowest BCUT2D eigenvalue weighted by Crippen LogP contribution is -2.12. The van der Waals surface area contributed by atoms with Gasteiger partial charge in [0.25, 0.3) is 5.91 Å². The Bertz CT molecular complexity index is 576. The summed E-state index contributed by atoms with van der Waals surface area (Å²) in [5.74, 6) is -0.230. The van der Waals surface area contributed by atoms with Crippen LogP contribution < -0.4 is 16.8 Å². The summed E-state index contributed by atoms with van der Waals surface area (Å²) in [7, 11) is -3.51. The normalized spacial score (nSPS) is 11.8. The minimum absolute atomic E-state index is 0.0324. The van der Waals surface area contributed by atoms with E-state index in [0.29, 0.717) is 17.5 Å². The molecule has 1 aromatic heterocycles. The van der Waals surface area contributed by atoms with Gasteiger partial charge < -0.3 is 16.8 Å². The van der Waals surface area contributed by atoms with E-state index in [1.54, 1.807) is 0 Å². The molecule has 0 spiro atoms. The van der Waals surface area contributed by atoms with Gasteiger partial charge in [-0.2, -0.15) is 0 Å². The number of primary amides is 1. The number of hydrogen-bond acceptors (Lipinski definition) is 6. The topological polar surface area (TPSA) is 115 Å². The van der Waals surface area contributed by atoms with Crippen LogP contribution in [0.4, 0.5) is 10.7 Å². The first-order chi connectivity index (χ1) is 8.64. The third-order valence-electron chi connectivity index (χ3n) is 2.50. The molecular weight excluding hydrogens is 286 g/mol. The number of thiophene rings is 1. The monoisotopic (exact) mass is 305 g/mol. The maximum Gasteiger partial charge on any atom is 0.261 e. The van der Waals surface area contributed by atoms with Crippen molar-refractivity contribution in [1.29, 1.82) is 0 Å². The van der Waals surface area contributed by atoms with Crippen LogP contribution in [0.5, 0.6) is 0 Å². The Labute approximate surface area is 117 Å². The first-order valence-corrected chi connectivity index (χ1v) is 8.51. The molecule has 19 heavy (non-hydrogen) atoms. The number of carbonyl (C=O) groups excluding carboxylic acids is 1. The largest absolute Gasteiger partial charge is 0.396 e. The molecule has 1 aromatic rings. The van der Waals surface area contributed by atoms with Gasteiger partial charge in [0.2, 0.25) is 0 Å². The molecule has 1 amide bonds. The van der Waals surface area contributed by atoms with Crippen molar-refractivity contribution in [2.24, 2.45) is 11.7 Å². The van der Waals surface area contributed by atoms with Gasteiger partial charge in [-0.1, -0.05) is 13.8 Å². The molecule has 1 heterocycles. The summed E-state index contributed by atoms with van der Waals surface area (Å²) >= 11 is 0.983. The highest BCUT2D eigenvalue weighted by atomic mass is 32.2. The highest BCUT2D eigenvalue weighted by molar-refractivity contribution is 7.91.